The quantitative estimate of drug-likeness (QED) is 0.233. The maximum absolute atomic E-state index is 4.86. The SMILES string of the molecule is c1cnc2c(-n3c4ccccc4c4ccc5c6ccccc6n(-c6cccc7cccnc67)c5c43)cccc2c1. The smallest absolute Gasteiger partial charge is 0.0942 e. The van der Waals surface area contributed by atoms with Crippen molar-refractivity contribution in [1.82, 2.24) is 19.1 Å². The van der Waals surface area contributed by atoms with Crippen molar-refractivity contribution in [2.24, 2.45) is 0 Å². The Bertz CT molecular complexity index is 2260. The molecule has 0 aliphatic carbocycles. The van der Waals surface area contributed by atoms with Gasteiger partial charge in [0.25, 0.3) is 0 Å². The molecule has 4 heteroatoms. The molecule has 186 valence electrons. The van der Waals surface area contributed by atoms with Crippen LogP contribution in [-0.2, 0) is 0 Å². The van der Waals surface area contributed by atoms with Gasteiger partial charge in [0.2, 0.25) is 0 Å². The van der Waals surface area contributed by atoms with Gasteiger partial charge in [-0.2, -0.15) is 0 Å². The minimum absolute atomic E-state index is 0.985. The Morgan fingerprint density at radius 2 is 0.825 bits per heavy atom. The molecule has 0 saturated carbocycles. The van der Waals surface area contributed by atoms with Gasteiger partial charge in [-0.15, -0.1) is 0 Å². The molecule has 0 bridgehead atoms. The highest BCUT2D eigenvalue weighted by Gasteiger charge is 2.22. The van der Waals surface area contributed by atoms with Crippen LogP contribution in [0, 0.1) is 0 Å². The highest BCUT2D eigenvalue weighted by Crippen LogP contribution is 2.42. The van der Waals surface area contributed by atoms with Crippen molar-refractivity contribution < 1.29 is 0 Å². The Kier molecular flexibility index (Phi) is 4.30. The minimum atomic E-state index is 0.985. The first-order chi connectivity index (χ1) is 19.9. The first-order valence-corrected chi connectivity index (χ1v) is 13.5. The summed E-state index contributed by atoms with van der Waals surface area (Å²) in [6, 6.07) is 43.1. The molecule has 0 saturated heterocycles. The van der Waals surface area contributed by atoms with Gasteiger partial charge in [-0.05, 0) is 36.4 Å². The van der Waals surface area contributed by atoms with Crippen molar-refractivity contribution in [2.45, 2.75) is 0 Å². The zero-order valence-electron chi connectivity index (χ0n) is 21.5. The summed E-state index contributed by atoms with van der Waals surface area (Å²) < 4.78 is 4.83. The van der Waals surface area contributed by atoms with Crippen LogP contribution in [0.5, 0.6) is 0 Å². The fourth-order valence-electron chi connectivity index (χ4n) is 6.54. The molecule has 4 nitrogen and oxygen atoms in total. The second kappa shape index (κ2) is 8.01. The number of pyridine rings is 2. The number of hydrogen-bond donors (Lipinski definition) is 0. The number of nitrogens with zero attached hydrogens (tertiary/aromatic N) is 4. The lowest BCUT2D eigenvalue weighted by atomic mass is 10.1. The summed E-state index contributed by atoms with van der Waals surface area (Å²) in [6.07, 6.45) is 3.77. The van der Waals surface area contributed by atoms with Crippen molar-refractivity contribution in [2.75, 3.05) is 0 Å². The zero-order chi connectivity index (χ0) is 26.2. The van der Waals surface area contributed by atoms with Crippen LogP contribution in [0.25, 0.3) is 76.8 Å². The number of fused-ring (bicyclic) bond motifs is 9. The predicted molar refractivity (Wildman–Crippen MR) is 166 cm³/mol. The standard InChI is InChI=1S/C36H22N4/c1-3-15-29-25(13-1)27-19-20-28-26-14-2-4-16-30(26)40(32-18-6-10-24-12-8-22-38-34(24)32)36(28)35(27)39(29)31-17-5-9-23-11-7-21-37-33(23)31/h1-22H. The third-order valence-corrected chi connectivity index (χ3v) is 8.17. The summed E-state index contributed by atoms with van der Waals surface area (Å²) in [7, 11) is 0. The van der Waals surface area contributed by atoms with Gasteiger partial charge < -0.3 is 9.13 Å². The highest BCUT2D eigenvalue weighted by molar-refractivity contribution is 6.24. The monoisotopic (exact) mass is 510 g/mol. The minimum Gasteiger partial charge on any atom is -0.305 e. The van der Waals surface area contributed by atoms with E-state index < -0.39 is 0 Å². The average molecular weight is 511 g/mol. The molecular weight excluding hydrogens is 488 g/mol. The molecule has 4 aromatic heterocycles. The van der Waals surface area contributed by atoms with E-state index in [9.17, 15) is 0 Å². The van der Waals surface area contributed by atoms with Crippen LogP contribution in [0.1, 0.15) is 0 Å². The van der Waals surface area contributed by atoms with E-state index in [2.05, 4.69) is 118 Å². The molecule has 0 spiro atoms. The molecule has 5 aromatic carbocycles. The molecule has 0 amide bonds. The van der Waals surface area contributed by atoms with E-state index in [0.29, 0.717) is 0 Å². The number of benzene rings is 5. The van der Waals surface area contributed by atoms with Crippen LogP contribution in [-0.4, -0.2) is 19.1 Å². The van der Waals surface area contributed by atoms with Gasteiger partial charge in [0.1, 0.15) is 0 Å². The van der Waals surface area contributed by atoms with Crippen molar-refractivity contribution in [3.05, 3.63) is 134 Å². The molecule has 9 aromatic rings. The van der Waals surface area contributed by atoms with E-state index in [1.54, 1.807) is 0 Å². The lowest BCUT2D eigenvalue weighted by Gasteiger charge is -2.14. The maximum atomic E-state index is 4.86. The lowest BCUT2D eigenvalue weighted by molar-refractivity contribution is 1.15. The molecule has 0 unspecified atom stereocenters. The van der Waals surface area contributed by atoms with Gasteiger partial charge in [-0.1, -0.05) is 84.9 Å². The summed E-state index contributed by atoms with van der Waals surface area (Å²) in [4.78, 5) is 9.71. The van der Waals surface area contributed by atoms with Gasteiger partial charge >= 0.3 is 0 Å². The van der Waals surface area contributed by atoms with Gasteiger partial charge in [0.15, 0.2) is 0 Å². The fraction of sp³-hybridized carbons (Fsp3) is 0. The topological polar surface area (TPSA) is 35.6 Å². The van der Waals surface area contributed by atoms with Crippen LogP contribution >= 0.6 is 0 Å². The fourth-order valence-corrected chi connectivity index (χ4v) is 6.54. The van der Waals surface area contributed by atoms with E-state index in [0.717, 1.165) is 44.2 Å². The van der Waals surface area contributed by atoms with E-state index in [1.807, 2.05) is 24.5 Å². The summed E-state index contributed by atoms with van der Waals surface area (Å²) >= 11 is 0. The molecule has 0 atom stereocenters. The molecule has 40 heavy (non-hydrogen) atoms. The van der Waals surface area contributed by atoms with Crippen LogP contribution < -0.4 is 0 Å². The lowest BCUT2D eigenvalue weighted by Crippen LogP contribution is -2.01. The summed E-state index contributed by atoms with van der Waals surface area (Å²) in [5.74, 6) is 0. The Morgan fingerprint density at radius 3 is 1.32 bits per heavy atom. The molecule has 0 radical (unpaired) electrons. The number of aromatic nitrogens is 4. The predicted octanol–water partition coefficient (Wildman–Crippen LogP) is 8.98. The third kappa shape index (κ3) is 2.79. The van der Waals surface area contributed by atoms with Crippen LogP contribution in [0.2, 0.25) is 0 Å². The maximum Gasteiger partial charge on any atom is 0.0942 e. The molecule has 0 fully saturated rings. The number of para-hydroxylation sites is 4. The zero-order valence-corrected chi connectivity index (χ0v) is 21.5. The van der Waals surface area contributed by atoms with Gasteiger partial charge in [0.05, 0.1) is 44.5 Å². The molecule has 0 aliphatic heterocycles. The van der Waals surface area contributed by atoms with E-state index in [4.69, 9.17) is 9.97 Å². The van der Waals surface area contributed by atoms with Gasteiger partial charge in [0, 0.05) is 44.7 Å². The normalized spacial score (nSPS) is 12.0. The summed E-state index contributed by atoms with van der Waals surface area (Å²) in [5, 5.41) is 7.12. The van der Waals surface area contributed by atoms with Gasteiger partial charge in [-0.25, -0.2) is 0 Å². The van der Waals surface area contributed by atoms with E-state index in [-0.39, 0.29) is 0 Å². The second-order valence-electron chi connectivity index (χ2n) is 10.3. The van der Waals surface area contributed by atoms with Crippen LogP contribution in [0.4, 0.5) is 0 Å². The molecule has 0 N–H and O–H groups in total. The number of hydrogen-bond acceptors (Lipinski definition) is 2. The Hall–Kier alpha value is -5.48. The van der Waals surface area contributed by atoms with Gasteiger partial charge in [-0.3, -0.25) is 9.97 Å². The second-order valence-corrected chi connectivity index (χ2v) is 10.3. The van der Waals surface area contributed by atoms with Crippen molar-refractivity contribution in [1.29, 1.82) is 0 Å². The number of rotatable bonds is 2. The highest BCUT2D eigenvalue weighted by atomic mass is 15.1. The van der Waals surface area contributed by atoms with Crippen molar-refractivity contribution in [3.63, 3.8) is 0 Å². The summed E-state index contributed by atoms with van der Waals surface area (Å²) in [5.41, 5.74) is 8.78. The van der Waals surface area contributed by atoms with Crippen molar-refractivity contribution >= 4 is 65.4 Å². The largest absolute Gasteiger partial charge is 0.305 e. The van der Waals surface area contributed by atoms with Crippen molar-refractivity contribution in [3.8, 4) is 11.4 Å². The first-order valence-electron chi connectivity index (χ1n) is 13.5. The Labute approximate surface area is 229 Å². The van der Waals surface area contributed by atoms with Crippen LogP contribution in [0.3, 0.4) is 0 Å². The first kappa shape index (κ1) is 21.5. The summed E-state index contributed by atoms with van der Waals surface area (Å²) in [6.45, 7) is 0. The van der Waals surface area contributed by atoms with E-state index in [1.165, 1.54) is 32.6 Å². The molecule has 9 rings (SSSR count). The molecule has 0 aliphatic rings. The average Bonchev–Trinajstić information content (AvgIpc) is 3.53. The third-order valence-electron chi connectivity index (χ3n) is 8.17. The molecular formula is C36H22N4. The van der Waals surface area contributed by atoms with E-state index >= 15 is 0 Å². The molecule has 4 heterocycles. The van der Waals surface area contributed by atoms with Crippen LogP contribution in [0.15, 0.2) is 134 Å². The Balaban J connectivity index is 1.58. The Morgan fingerprint density at radius 1 is 0.375 bits per heavy atom.